The maximum Gasteiger partial charge on any atom is 0.203 e. The molecule has 0 spiro atoms. The van der Waals surface area contributed by atoms with E-state index >= 15 is 0 Å². The third-order valence-corrected chi connectivity index (χ3v) is 5.40. The van der Waals surface area contributed by atoms with Crippen LogP contribution in [0, 0.1) is 0 Å². The fourth-order valence-corrected chi connectivity index (χ4v) is 3.89. The van der Waals surface area contributed by atoms with E-state index in [-0.39, 0.29) is 6.04 Å². The average molecular weight is 448 g/mol. The molecule has 1 aromatic carbocycles. The summed E-state index contributed by atoms with van der Waals surface area (Å²) in [5, 5.41) is 7.51. The number of hydrogen-bond donors (Lipinski definition) is 2. The Hall–Kier alpha value is -2.87. The number of hydrogen-bond acceptors (Lipinski definition) is 6. The molecule has 1 aromatic heterocycles. The molecule has 0 saturated carbocycles. The number of halogens is 1. The maximum absolute atomic E-state index is 6.31. The molecule has 2 aromatic rings. The van der Waals surface area contributed by atoms with Crippen molar-refractivity contribution in [1.29, 1.82) is 0 Å². The lowest BCUT2D eigenvalue weighted by atomic mass is 10.1. The molecular weight excluding hydrogens is 418 g/mol. The van der Waals surface area contributed by atoms with E-state index in [1.807, 2.05) is 31.2 Å². The van der Waals surface area contributed by atoms with Crippen LogP contribution in [0.1, 0.15) is 18.9 Å². The molecule has 168 valence electrons. The molecule has 1 aliphatic heterocycles. The number of aromatic nitrogens is 1. The minimum atomic E-state index is 0.239. The van der Waals surface area contributed by atoms with Gasteiger partial charge in [-0.05, 0) is 37.6 Å². The highest BCUT2D eigenvalue weighted by molar-refractivity contribution is 6.32. The molecule has 0 amide bonds. The van der Waals surface area contributed by atoms with Gasteiger partial charge in [-0.25, -0.2) is 9.98 Å². The van der Waals surface area contributed by atoms with Crippen molar-refractivity contribution in [3.63, 3.8) is 0 Å². The Morgan fingerprint density at radius 2 is 2.00 bits per heavy atom. The van der Waals surface area contributed by atoms with Crippen LogP contribution in [0.3, 0.4) is 0 Å². The fraction of sp³-hybridized carbons (Fsp3) is 0.455. The molecule has 1 atom stereocenters. The zero-order valence-corrected chi connectivity index (χ0v) is 19.2. The molecule has 2 N–H and O–H groups in total. The van der Waals surface area contributed by atoms with E-state index in [0.717, 1.165) is 43.4 Å². The van der Waals surface area contributed by atoms with Crippen molar-refractivity contribution < 1.29 is 14.2 Å². The third kappa shape index (κ3) is 5.44. The van der Waals surface area contributed by atoms with Crippen LogP contribution < -0.4 is 29.7 Å². The van der Waals surface area contributed by atoms with Crippen molar-refractivity contribution in [2.75, 3.05) is 45.9 Å². The Kier molecular flexibility index (Phi) is 8.06. The molecule has 1 aliphatic rings. The lowest BCUT2D eigenvalue weighted by Gasteiger charge is -2.20. The molecule has 3 rings (SSSR count). The zero-order chi connectivity index (χ0) is 22.2. The van der Waals surface area contributed by atoms with Crippen molar-refractivity contribution in [1.82, 2.24) is 15.6 Å². The van der Waals surface area contributed by atoms with Crippen LogP contribution in [0.4, 0.5) is 5.82 Å². The Morgan fingerprint density at radius 3 is 2.68 bits per heavy atom. The van der Waals surface area contributed by atoms with Gasteiger partial charge in [0.05, 0.1) is 32.9 Å². The summed E-state index contributed by atoms with van der Waals surface area (Å²) in [7, 11) is 4.81. The predicted octanol–water partition coefficient (Wildman–Crippen LogP) is 3.09. The van der Waals surface area contributed by atoms with Crippen molar-refractivity contribution in [2.24, 2.45) is 4.99 Å². The number of rotatable bonds is 8. The largest absolute Gasteiger partial charge is 0.493 e. The van der Waals surface area contributed by atoms with E-state index in [1.165, 1.54) is 0 Å². The fourth-order valence-electron chi connectivity index (χ4n) is 3.65. The third-order valence-electron chi connectivity index (χ3n) is 5.11. The summed E-state index contributed by atoms with van der Waals surface area (Å²) in [6, 6.07) is 7.75. The lowest BCUT2D eigenvalue weighted by Crippen LogP contribution is -2.44. The summed E-state index contributed by atoms with van der Waals surface area (Å²) in [5.74, 6) is 3.38. The summed E-state index contributed by atoms with van der Waals surface area (Å²) in [6.45, 7) is 4.93. The highest BCUT2D eigenvalue weighted by Gasteiger charge is 2.25. The Balaban J connectivity index is 1.71. The average Bonchev–Trinajstić information content (AvgIpc) is 3.25. The van der Waals surface area contributed by atoms with Gasteiger partial charge in [0.2, 0.25) is 5.75 Å². The quantitative estimate of drug-likeness (QED) is 0.475. The summed E-state index contributed by atoms with van der Waals surface area (Å²) in [6.07, 6.45) is 2.74. The molecule has 0 aliphatic carbocycles. The van der Waals surface area contributed by atoms with Gasteiger partial charge in [0.15, 0.2) is 17.5 Å². The van der Waals surface area contributed by atoms with Gasteiger partial charge < -0.3 is 29.7 Å². The van der Waals surface area contributed by atoms with E-state index in [2.05, 4.69) is 20.5 Å². The molecule has 31 heavy (non-hydrogen) atoms. The number of pyridine rings is 1. The van der Waals surface area contributed by atoms with Gasteiger partial charge in [-0.2, -0.15) is 0 Å². The monoisotopic (exact) mass is 447 g/mol. The van der Waals surface area contributed by atoms with Crippen LogP contribution in [0.25, 0.3) is 0 Å². The molecule has 1 saturated heterocycles. The standard InChI is InChI=1S/C22H30ClN5O3/c1-5-24-22(26-13-15-8-9-18(29-2)20(31-4)19(15)30-3)27-16-10-12-28(14-16)21-17(23)7-6-11-25-21/h6-9,11,16H,5,10,12-14H2,1-4H3,(H2,24,26,27). The molecule has 0 bridgehead atoms. The summed E-state index contributed by atoms with van der Waals surface area (Å²) in [5.41, 5.74) is 0.908. The van der Waals surface area contributed by atoms with Crippen molar-refractivity contribution in [3.05, 3.63) is 41.0 Å². The van der Waals surface area contributed by atoms with Crippen LogP contribution in [0.2, 0.25) is 5.02 Å². The first kappa shape index (κ1) is 22.8. The lowest BCUT2D eigenvalue weighted by molar-refractivity contribution is 0.322. The topological polar surface area (TPSA) is 80.2 Å². The Morgan fingerprint density at radius 1 is 1.19 bits per heavy atom. The number of nitrogens with one attached hydrogen (secondary N) is 2. The van der Waals surface area contributed by atoms with Gasteiger partial charge in [-0.15, -0.1) is 0 Å². The minimum Gasteiger partial charge on any atom is -0.493 e. The maximum atomic E-state index is 6.31. The highest BCUT2D eigenvalue weighted by atomic mass is 35.5. The number of guanidine groups is 1. The number of aliphatic imine (C=N–C) groups is 1. The highest BCUT2D eigenvalue weighted by Crippen LogP contribution is 2.40. The molecule has 9 heteroatoms. The number of ether oxygens (including phenoxy) is 3. The normalized spacial score (nSPS) is 16.2. The van der Waals surface area contributed by atoms with Gasteiger partial charge in [0.1, 0.15) is 5.82 Å². The van der Waals surface area contributed by atoms with Gasteiger partial charge in [-0.3, -0.25) is 0 Å². The van der Waals surface area contributed by atoms with Gasteiger partial charge >= 0.3 is 0 Å². The number of methoxy groups -OCH3 is 3. The minimum absolute atomic E-state index is 0.239. The molecule has 1 unspecified atom stereocenters. The molecular formula is C22H30ClN5O3. The smallest absolute Gasteiger partial charge is 0.203 e. The van der Waals surface area contributed by atoms with Crippen LogP contribution in [-0.4, -0.2) is 57.9 Å². The van der Waals surface area contributed by atoms with Crippen LogP contribution in [0.5, 0.6) is 17.2 Å². The van der Waals surface area contributed by atoms with Crippen molar-refractivity contribution >= 4 is 23.4 Å². The van der Waals surface area contributed by atoms with Gasteiger partial charge in [0, 0.05) is 37.4 Å². The van der Waals surface area contributed by atoms with Crippen LogP contribution in [0.15, 0.2) is 35.5 Å². The first-order valence-corrected chi connectivity index (χ1v) is 10.7. The zero-order valence-electron chi connectivity index (χ0n) is 18.4. The first-order chi connectivity index (χ1) is 15.1. The molecule has 8 nitrogen and oxygen atoms in total. The first-order valence-electron chi connectivity index (χ1n) is 10.3. The second kappa shape index (κ2) is 10.9. The van der Waals surface area contributed by atoms with E-state index in [0.29, 0.717) is 28.8 Å². The van der Waals surface area contributed by atoms with E-state index in [9.17, 15) is 0 Å². The SMILES string of the molecule is CCNC(=NCc1ccc(OC)c(OC)c1OC)NC1CCN(c2ncccc2Cl)C1. The number of nitrogens with zero attached hydrogens (tertiary/aromatic N) is 3. The summed E-state index contributed by atoms with van der Waals surface area (Å²) >= 11 is 6.31. The predicted molar refractivity (Wildman–Crippen MR) is 124 cm³/mol. The van der Waals surface area contributed by atoms with E-state index in [1.54, 1.807) is 27.5 Å². The van der Waals surface area contributed by atoms with Gasteiger partial charge in [-0.1, -0.05) is 11.6 Å². The Labute approximate surface area is 188 Å². The van der Waals surface area contributed by atoms with E-state index < -0.39 is 0 Å². The molecule has 1 fully saturated rings. The Bertz CT molecular complexity index is 909. The second-order valence-electron chi connectivity index (χ2n) is 7.07. The summed E-state index contributed by atoms with van der Waals surface area (Å²) < 4.78 is 16.4. The second-order valence-corrected chi connectivity index (χ2v) is 7.48. The van der Waals surface area contributed by atoms with Crippen LogP contribution in [-0.2, 0) is 6.54 Å². The van der Waals surface area contributed by atoms with E-state index in [4.69, 9.17) is 30.8 Å². The molecule has 2 heterocycles. The van der Waals surface area contributed by atoms with Crippen molar-refractivity contribution in [2.45, 2.75) is 25.9 Å². The molecule has 0 radical (unpaired) electrons. The number of benzene rings is 1. The van der Waals surface area contributed by atoms with Crippen molar-refractivity contribution in [3.8, 4) is 17.2 Å². The van der Waals surface area contributed by atoms with Gasteiger partial charge in [0.25, 0.3) is 0 Å². The summed E-state index contributed by atoms with van der Waals surface area (Å²) in [4.78, 5) is 11.4. The number of anilines is 1. The van der Waals surface area contributed by atoms with Crippen LogP contribution >= 0.6 is 11.6 Å².